The summed E-state index contributed by atoms with van der Waals surface area (Å²) in [4.78, 5) is 0. The Hall–Kier alpha value is -1.22. The molecule has 1 unspecified atom stereocenters. The monoisotopic (exact) mass is 392 g/mol. The molecule has 0 aromatic heterocycles. The van der Waals surface area contributed by atoms with Crippen LogP contribution in [0.4, 0.5) is 0 Å². The summed E-state index contributed by atoms with van der Waals surface area (Å²) in [7, 11) is 0. The fourth-order valence-corrected chi connectivity index (χ4v) is 3.54. The minimum atomic E-state index is 0.161. The lowest BCUT2D eigenvalue weighted by Gasteiger charge is -2.20. The molecule has 3 heteroatoms. The predicted molar refractivity (Wildman–Crippen MR) is 107 cm³/mol. The van der Waals surface area contributed by atoms with Gasteiger partial charge < -0.3 is 9.47 Å². The molecule has 0 radical (unpaired) electrons. The first-order valence-corrected chi connectivity index (χ1v) is 10.1. The van der Waals surface area contributed by atoms with Crippen molar-refractivity contribution in [2.24, 2.45) is 5.92 Å². The first kappa shape index (κ1) is 19.1. The molecule has 0 saturated carbocycles. The normalized spacial score (nSPS) is 12.6. The molecular formula is C21H29BrO2. The SMILES string of the molecule is CCc1cc(OCC(CC)CCBr)c2ccccc2c1OC(C)C. The van der Waals surface area contributed by atoms with Gasteiger partial charge in [0.05, 0.1) is 12.7 Å². The van der Waals surface area contributed by atoms with E-state index in [4.69, 9.17) is 9.47 Å². The summed E-state index contributed by atoms with van der Waals surface area (Å²) in [6.45, 7) is 9.31. The Labute approximate surface area is 154 Å². The fraction of sp³-hybridized carbons (Fsp3) is 0.524. The van der Waals surface area contributed by atoms with Crippen LogP contribution in [0.15, 0.2) is 30.3 Å². The van der Waals surface area contributed by atoms with E-state index < -0.39 is 0 Å². The molecule has 0 aliphatic rings. The molecule has 2 nitrogen and oxygen atoms in total. The summed E-state index contributed by atoms with van der Waals surface area (Å²) >= 11 is 3.54. The van der Waals surface area contributed by atoms with Gasteiger partial charge >= 0.3 is 0 Å². The number of halogens is 1. The third-order valence-electron chi connectivity index (χ3n) is 4.34. The maximum absolute atomic E-state index is 6.25. The zero-order valence-corrected chi connectivity index (χ0v) is 16.9. The molecule has 0 saturated heterocycles. The molecule has 0 aliphatic carbocycles. The molecule has 1 atom stereocenters. The van der Waals surface area contributed by atoms with E-state index in [9.17, 15) is 0 Å². The molecule has 0 N–H and O–H groups in total. The molecule has 0 fully saturated rings. The Bertz CT molecular complexity index is 652. The minimum Gasteiger partial charge on any atom is -0.493 e. The van der Waals surface area contributed by atoms with Crippen LogP contribution in [0.25, 0.3) is 10.8 Å². The number of benzene rings is 2. The van der Waals surface area contributed by atoms with E-state index in [0.29, 0.717) is 5.92 Å². The van der Waals surface area contributed by atoms with E-state index in [0.717, 1.165) is 53.5 Å². The van der Waals surface area contributed by atoms with Gasteiger partial charge in [-0.1, -0.05) is 60.5 Å². The van der Waals surface area contributed by atoms with Crippen LogP contribution in [0.3, 0.4) is 0 Å². The quantitative estimate of drug-likeness (QED) is 0.460. The van der Waals surface area contributed by atoms with Crippen LogP contribution < -0.4 is 9.47 Å². The summed E-state index contributed by atoms with van der Waals surface area (Å²) in [5, 5.41) is 3.31. The van der Waals surface area contributed by atoms with E-state index in [1.54, 1.807) is 0 Å². The first-order valence-electron chi connectivity index (χ1n) is 9.00. The van der Waals surface area contributed by atoms with Crippen molar-refractivity contribution in [3.05, 3.63) is 35.9 Å². The lowest BCUT2D eigenvalue weighted by atomic mass is 10.0. The highest BCUT2D eigenvalue weighted by Crippen LogP contribution is 2.38. The molecule has 0 heterocycles. The van der Waals surface area contributed by atoms with Gasteiger partial charge in [-0.05, 0) is 44.2 Å². The second-order valence-corrected chi connectivity index (χ2v) is 7.28. The lowest BCUT2D eigenvalue weighted by Crippen LogP contribution is -2.13. The molecule has 2 rings (SSSR count). The number of aryl methyl sites for hydroxylation is 1. The number of ether oxygens (including phenoxy) is 2. The maximum atomic E-state index is 6.25. The predicted octanol–water partition coefficient (Wildman–Crippen LogP) is 6.38. The van der Waals surface area contributed by atoms with Crippen molar-refractivity contribution in [2.75, 3.05) is 11.9 Å². The lowest BCUT2D eigenvalue weighted by molar-refractivity contribution is 0.238. The van der Waals surface area contributed by atoms with Crippen molar-refractivity contribution >= 4 is 26.7 Å². The topological polar surface area (TPSA) is 18.5 Å². The van der Waals surface area contributed by atoms with Gasteiger partial charge in [0, 0.05) is 16.1 Å². The summed E-state index contributed by atoms with van der Waals surface area (Å²) in [6, 6.07) is 10.6. The minimum absolute atomic E-state index is 0.161. The van der Waals surface area contributed by atoms with Gasteiger partial charge in [0.25, 0.3) is 0 Å². The first-order chi connectivity index (χ1) is 11.6. The highest BCUT2D eigenvalue weighted by molar-refractivity contribution is 9.09. The van der Waals surface area contributed by atoms with E-state index in [1.807, 2.05) is 0 Å². The van der Waals surface area contributed by atoms with Crippen molar-refractivity contribution in [3.8, 4) is 11.5 Å². The number of rotatable bonds is 9. The summed E-state index contributed by atoms with van der Waals surface area (Å²) in [6.07, 6.45) is 3.37. The number of hydrogen-bond acceptors (Lipinski definition) is 2. The highest BCUT2D eigenvalue weighted by Gasteiger charge is 2.15. The zero-order valence-electron chi connectivity index (χ0n) is 15.3. The van der Waals surface area contributed by atoms with Crippen LogP contribution in [0.2, 0.25) is 0 Å². The van der Waals surface area contributed by atoms with Crippen LogP contribution in [-0.4, -0.2) is 18.0 Å². The van der Waals surface area contributed by atoms with Crippen molar-refractivity contribution in [3.63, 3.8) is 0 Å². The fourth-order valence-electron chi connectivity index (χ4n) is 2.89. The molecule has 2 aromatic rings. The van der Waals surface area contributed by atoms with Gasteiger partial charge in [-0.2, -0.15) is 0 Å². The van der Waals surface area contributed by atoms with Crippen molar-refractivity contribution in [1.82, 2.24) is 0 Å². The van der Waals surface area contributed by atoms with E-state index in [2.05, 4.69) is 74.0 Å². The van der Waals surface area contributed by atoms with Gasteiger partial charge in [-0.3, -0.25) is 0 Å². The van der Waals surface area contributed by atoms with Crippen molar-refractivity contribution < 1.29 is 9.47 Å². The number of fused-ring (bicyclic) bond motifs is 1. The molecule has 0 bridgehead atoms. The third kappa shape index (κ3) is 4.66. The van der Waals surface area contributed by atoms with Gasteiger partial charge in [-0.15, -0.1) is 0 Å². The van der Waals surface area contributed by atoms with Crippen LogP contribution in [0.1, 0.15) is 46.1 Å². The Morgan fingerprint density at radius 1 is 1.08 bits per heavy atom. The van der Waals surface area contributed by atoms with Crippen LogP contribution in [0, 0.1) is 5.92 Å². The van der Waals surface area contributed by atoms with Crippen molar-refractivity contribution in [1.29, 1.82) is 0 Å². The Morgan fingerprint density at radius 2 is 1.79 bits per heavy atom. The van der Waals surface area contributed by atoms with Gasteiger partial charge in [-0.25, -0.2) is 0 Å². The Balaban J connectivity index is 2.40. The summed E-state index contributed by atoms with van der Waals surface area (Å²) < 4.78 is 12.4. The molecular weight excluding hydrogens is 364 g/mol. The standard InChI is InChI=1S/C21H29BrO2/c1-5-16(11-12-22)14-23-20-13-17(6-2)21(24-15(3)4)19-10-8-7-9-18(19)20/h7-10,13,15-16H,5-6,11-12,14H2,1-4H3. The van der Waals surface area contributed by atoms with Crippen LogP contribution in [-0.2, 0) is 6.42 Å². The summed E-state index contributed by atoms with van der Waals surface area (Å²) in [5.41, 5.74) is 1.21. The number of alkyl halides is 1. The van der Waals surface area contributed by atoms with E-state index in [1.165, 1.54) is 5.56 Å². The molecule has 2 aromatic carbocycles. The Morgan fingerprint density at radius 3 is 2.38 bits per heavy atom. The Kier molecular flexibility index (Phi) is 7.41. The van der Waals surface area contributed by atoms with Crippen LogP contribution in [0.5, 0.6) is 11.5 Å². The van der Waals surface area contributed by atoms with Crippen LogP contribution >= 0.6 is 15.9 Å². The average molecular weight is 393 g/mol. The van der Waals surface area contributed by atoms with Gasteiger partial charge in [0.1, 0.15) is 11.5 Å². The average Bonchev–Trinajstić information content (AvgIpc) is 2.59. The van der Waals surface area contributed by atoms with E-state index >= 15 is 0 Å². The second kappa shape index (κ2) is 9.31. The molecule has 24 heavy (non-hydrogen) atoms. The van der Waals surface area contributed by atoms with Crippen molar-refractivity contribution in [2.45, 2.75) is 53.1 Å². The van der Waals surface area contributed by atoms with E-state index in [-0.39, 0.29) is 6.10 Å². The molecule has 0 amide bonds. The largest absolute Gasteiger partial charge is 0.493 e. The summed E-state index contributed by atoms with van der Waals surface area (Å²) in [5.74, 6) is 2.56. The maximum Gasteiger partial charge on any atom is 0.130 e. The van der Waals surface area contributed by atoms with Gasteiger partial charge in [0.15, 0.2) is 0 Å². The third-order valence-corrected chi connectivity index (χ3v) is 4.80. The molecule has 132 valence electrons. The van der Waals surface area contributed by atoms with Gasteiger partial charge in [0.2, 0.25) is 0 Å². The molecule has 0 spiro atoms. The second-order valence-electron chi connectivity index (χ2n) is 6.49. The smallest absolute Gasteiger partial charge is 0.130 e. The number of hydrogen-bond donors (Lipinski definition) is 0. The zero-order chi connectivity index (χ0) is 17.5. The highest BCUT2D eigenvalue weighted by atomic mass is 79.9. The molecule has 0 aliphatic heterocycles.